The minimum absolute atomic E-state index is 0.792. The van der Waals surface area contributed by atoms with Crippen LogP contribution in [0.1, 0.15) is 58.8 Å². The van der Waals surface area contributed by atoms with E-state index in [1.165, 1.54) is 58.0 Å². The molecule has 1 saturated heterocycles. The third kappa shape index (κ3) is 4.06. The molecule has 1 fully saturated rings. The second-order valence-electron chi connectivity index (χ2n) is 5.15. The number of unbranched alkanes of at least 4 members (excludes halogenated alkanes) is 1. The van der Waals surface area contributed by atoms with Crippen LogP contribution in [0.5, 0.6) is 0 Å². The van der Waals surface area contributed by atoms with Crippen molar-refractivity contribution >= 4 is 0 Å². The Morgan fingerprint density at radius 3 is 2.75 bits per heavy atom. The molecule has 0 amide bonds. The zero-order valence-corrected chi connectivity index (χ0v) is 11.5. The van der Waals surface area contributed by atoms with Gasteiger partial charge in [0.1, 0.15) is 0 Å². The minimum atomic E-state index is 0.792. The van der Waals surface area contributed by atoms with Crippen molar-refractivity contribution in [2.45, 2.75) is 70.9 Å². The van der Waals surface area contributed by atoms with Gasteiger partial charge in [0, 0.05) is 18.6 Å². The summed E-state index contributed by atoms with van der Waals surface area (Å²) in [6.45, 7) is 7.15. The van der Waals surface area contributed by atoms with Gasteiger partial charge in [-0.3, -0.25) is 4.90 Å². The molecular weight excluding hydrogens is 196 g/mol. The average Bonchev–Trinajstić information content (AvgIpc) is 2.32. The predicted octanol–water partition coefficient (Wildman–Crippen LogP) is 3.03. The van der Waals surface area contributed by atoms with Crippen molar-refractivity contribution in [1.29, 1.82) is 0 Å². The van der Waals surface area contributed by atoms with E-state index in [0.29, 0.717) is 0 Å². The average molecular weight is 226 g/mol. The summed E-state index contributed by atoms with van der Waals surface area (Å²) in [7, 11) is 2.08. The van der Waals surface area contributed by atoms with E-state index >= 15 is 0 Å². The van der Waals surface area contributed by atoms with Gasteiger partial charge in [-0.15, -0.1) is 0 Å². The van der Waals surface area contributed by atoms with Crippen LogP contribution in [0.4, 0.5) is 0 Å². The van der Waals surface area contributed by atoms with Crippen LogP contribution in [0.15, 0.2) is 0 Å². The van der Waals surface area contributed by atoms with Gasteiger partial charge >= 0.3 is 0 Å². The first-order valence-electron chi connectivity index (χ1n) is 7.23. The number of piperidine rings is 1. The molecular formula is C14H30N2. The molecule has 2 nitrogen and oxygen atoms in total. The molecule has 0 bridgehead atoms. The summed E-state index contributed by atoms with van der Waals surface area (Å²) in [6, 6.07) is 1.62. The molecule has 0 aromatic carbocycles. The third-order valence-electron chi connectivity index (χ3n) is 3.94. The lowest BCUT2D eigenvalue weighted by molar-refractivity contribution is 0.0857. The summed E-state index contributed by atoms with van der Waals surface area (Å²) in [5.41, 5.74) is 0. The number of likely N-dealkylation sites (tertiary alicyclic amines) is 1. The number of likely N-dealkylation sites (N-methyl/N-ethyl adjacent to an activating group) is 1. The first-order valence-corrected chi connectivity index (χ1v) is 7.23. The van der Waals surface area contributed by atoms with Crippen LogP contribution < -0.4 is 5.32 Å². The van der Waals surface area contributed by atoms with Crippen LogP contribution in [0.3, 0.4) is 0 Å². The maximum atomic E-state index is 3.36. The fraction of sp³-hybridized carbons (Fsp3) is 1.00. The molecule has 2 atom stereocenters. The van der Waals surface area contributed by atoms with Gasteiger partial charge in [0.2, 0.25) is 0 Å². The molecule has 16 heavy (non-hydrogen) atoms. The van der Waals surface area contributed by atoms with E-state index in [4.69, 9.17) is 0 Å². The van der Waals surface area contributed by atoms with Crippen molar-refractivity contribution in [1.82, 2.24) is 10.2 Å². The van der Waals surface area contributed by atoms with Gasteiger partial charge in [0.05, 0.1) is 0 Å². The Balaban J connectivity index is 2.49. The molecule has 2 heteroatoms. The lowest BCUT2D eigenvalue weighted by Crippen LogP contribution is -2.49. The predicted molar refractivity (Wildman–Crippen MR) is 71.9 cm³/mol. The van der Waals surface area contributed by atoms with Gasteiger partial charge < -0.3 is 5.32 Å². The van der Waals surface area contributed by atoms with Crippen molar-refractivity contribution in [3.8, 4) is 0 Å². The molecule has 0 aliphatic carbocycles. The maximum Gasteiger partial charge on any atom is 0.0223 e. The summed E-state index contributed by atoms with van der Waals surface area (Å²) in [4.78, 5) is 2.79. The molecule has 0 spiro atoms. The highest BCUT2D eigenvalue weighted by Gasteiger charge is 2.26. The Morgan fingerprint density at radius 2 is 2.12 bits per heavy atom. The van der Waals surface area contributed by atoms with Gasteiger partial charge in [0.15, 0.2) is 0 Å². The molecule has 1 aliphatic heterocycles. The molecule has 1 aliphatic rings. The fourth-order valence-electron chi connectivity index (χ4n) is 3.00. The van der Waals surface area contributed by atoms with Crippen molar-refractivity contribution in [3.05, 3.63) is 0 Å². The molecule has 1 rings (SSSR count). The van der Waals surface area contributed by atoms with Crippen LogP contribution >= 0.6 is 0 Å². The van der Waals surface area contributed by atoms with Crippen LogP contribution in [0, 0.1) is 0 Å². The summed E-state index contributed by atoms with van der Waals surface area (Å²) >= 11 is 0. The summed E-state index contributed by atoms with van der Waals surface area (Å²) < 4.78 is 0. The van der Waals surface area contributed by atoms with Crippen LogP contribution in [-0.4, -0.2) is 37.1 Å². The Labute approximate surface area is 102 Å². The SMILES string of the molecule is CCCCC(CC)N1CCCCC1CNC. The Hall–Kier alpha value is -0.0800. The zero-order valence-electron chi connectivity index (χ0n) is 11.5. The fourth-order valence-corrected chi connectivity index (χ4v) is 3.00. The second kappa shape index (κ2) is 8.08. The molecule has 0 radical (unpaired) electrons. The monoisotopic (exact) mass is 226 g/mol. The van der Waals surface area contributed by atoms with Gasteiger partial charge in [-0.25, -0.2) is 0 Å². The number of nitrogens with one attached hydrogen (secondary N) is 1. The maximum absolute atomic E-state index is 3.36. The van der Waals surface area contributed by atoms with E-state index < -0.39 is 0 Å². The molecule has 0 saturated carbocycles. The first-order chi connectivity index (χ1) is 7.83. The highest BCUT2D eigenvalue weighted by molar-refractivity contribution is 4.83. The summed E-state index contributed by atoms with van der Waals surface area (Å²) in [6.07, 6.45) is 9.66. The van der Waals surface area contributed by atoms with E-state index in [2.05, 4.69) is 31.1 Å². The molecule has 0 aromatic heterocycles. The molecule has 1 heterocycles. The largest absolute Gasteiger partial charge is 0.318 e. The Morgan fingerprint density at radius 1 is 1.31 bits per heavy atom. The highest BCUT2D eigenvalue weighted by Crippen LogP contribution is 2.23. The number of hydrogen-bond acceptors (Lipinski definition) is 2. The lowest BCUT2D eigenvalue weighted by Gasteiger charge is -2.41. The van der Waals surface area contributed by atoms with Crippen molar-refractivity contribution in [2.24, 2.45) is 0 Å². The van der Waals surface area contributed by atoms with E-state index in [1.54, 1.807) is 0 Å². The molecule has 96 valence electrons. The normalized spacial score (nSPS) is 24.6. The standard InChI is InChI=1S/C14H30N2/c1-4-6-9-13(5-2)16-11-8-7-10-14(16)12-15-3/h13-15H,4-12H2,1-3H3. The highest BCUT2D eigenvalue weighted by atomic mass is 15.2. The Kier molecular flexibility index (Phi) is 7.06. The molecule has 1 N–H and O–H groups in total. The second-order valence-corrected chi connectivity index (χ2v) is 5.15. The summed E-state index contributed by atoms with van der Waals surface area (Å²) in [5, 5.41) is 3.36. The van der Waals surface area contributed by atoms with Gasteiger partial charge in [0.25, 0.3) is 0 Å². The topological polar surface area (TPSA) is 15.3 Å². The summed E-state index contributed by atoms with van der Waals surface area (Å²) in [5.74, 6) is 0. The van der Waals surface area contributed by atoms with Crippen LogP contribution in [-0.2, 0) is 0 Å². The van der Waals surface area contributed by atoms with Crippen molar-refractivity contribution in [2.75, 3.05) is 20.1 Å². The number of nitrogens with zero attached hydrogens (tertiary/aromatic N) is 1. The van der Waals surface area contributed by atoms with Crippen LogP contribution in [0.25, 0.3) is 0 Å². The quantitative estimate of drug-likeness (QED) is 0.718. The number of rotatable bonds is 7. The first kappa shape index (κ1) is 14.0. The van der Waals surface area contributed by atoms with Gasteiger partial charge in [-0.2, -0.15) is 0 Å². The van der Waals surface area contributed by atoms with Gasteiger partial charge in [-0.1, -0.05) is 33.1 Å². The minimum Gasteiger partial charge on any atom is -0.318 e. The van der Waals surface area contributed by atoms with E-state index in [-0.39, 0.29) is 0 Å². The smallest absolute Gasteiger partial charge is 0.0223 e. The number of hydrogen-bond donors (Lipinski definition) is 1. The van der Waals surface area contributed by atoms with Crippen molar-refractivity contribution < 1.29 is 0 Å². The Bertz CT molecular complexity index is 168. The van der Waals surface area contributed by atoms with E-state index in [1.807, 2.05) is 0 Å². The van der Waals surface area contributed by atoms with Crippen LogP contribution in [0.2, 0.25) is 0 Å². The zero-order chi connectivity index (χ0) is 11.8. The third-order valence-corrected chi connectivity index (χ3v) is 3.94. The lowest BCUT2D eigenvalue weighted by atomic mass is 9.96. The van der Waals surface area contributed by atoms with E-state index in [0.717, 1.165) is 12.1 Å². The van der Waals surface area contributed by atoms with E-state index in [9.17, 15) is 0 Å². The van der Waals surface area contributed by atoms with Gasteiger partial charge in [-0.05, 0) is 39.3 Å². The molecule has 2 unspecified atom stereocenters. The van der Waals surface area contributed by atoms with Crippen molar-refractivity contribution in [3.63, 3.8) is 0 Å². The molecule has 0 aromatic rings.